The number of nitrogens with two attached hydrogens (primary N) is 1. The number of amides is 2. The molecule has 0 aliphatic carbocycles. The Hall–Kier alpha value is -2.88. The molecule has 14 nitrogen and oxygen atoms in total. The molecule has 5 aliphatic heterocycles. The Bertz CT molecular complexity index is 1280. The number of nitrogens with one attached hydrogen (secondary N) is 1. The lowest BCUT2D eigenvalue weighted by Gasteiger charge is -2.47. The number of carboxylic acid groups (broad SMARTS) is 1. The molecular formula is C28H41N9O5S. The van der Waals surface area contributed by atoms with Gasteiger partial charge in [-0.3, -0.25) is 19.3 Å². The molecule has 0 radical (unpaired) electrons. The summed E-state index contributed by atoms with van der Waals surface area (Å²) in [5.41, 5.74) is 5.82. The molecule has 5 aliphatic rings. The minimum absolute atomic E-state index is 0.0233. The summed E-state index contributed by atoms with van der Waals surface area (Å²) in [6.07, 6.45) is 4.12. The lowest BCUT2D eigenvalue weighted by atomic mass is 9.73. The number of carboxylic acids is 1. The van der Waals surface area contributed by atoms with Crippen LogP contribution < -0.4 is 11.1 Å². The van der Waals surface area contributed by atoms with Crippen LogP contribution in [0.25, 0.3) is 0 Å². The van der Waals surface area contributed by atoms with E-state index in [9.17, 15) is 24.3 Å². The molecule has 0 spiro atoms. The molecule has 1 aromatic rings. The van der Waals surface area contributed by atoms with Crippen LogP contribution in [0.3, 0.4) is 0 Å². The van der Waals surface area contributed by atoms with E-state index < -0.39 is 11.9 Å². The van der Waals surface area contributed by atoms with Crippen molar-refractivity contribution in [2.45, 2.75) is 69.5 Å². The number of tetrazole rings is 1. The third-order valence-electron chi connectivity index (χ3n) is 9.98. The van der Waals surface area contributed by atoms with Crippen molar-refractivity contribution in [1.82, 2.24) is 40.2 Å². The van der Waals surface area contributed by atoms with Gasteiger partial charge in [0, 0.05) is 61.3 Å². The monoisotopic (exact) mass is 615 g/mol. The van der Waals surface area contributed by atoms with E-state index >= 15 is 0 Å². The summed E-state index contributed by atoms with van der Waals surface area (Å²) in [7, 11) is 0. The number of fused-ring (bicyclic) bond motifs is 1. The highest BCUT2D eigenvalue weighted by Gasteiger charge is 2.60. The Balaban J connectivity index is 1.03. The Morgan fingerprint density at radius 3 is 2.63 bits per heavy atom. The number of rotatable bonds is 11. The number of ketones is 1. The zero-order valence-corrected chi connectivity index (χ0v) is 25.5. The molecule has 6 rings (SSSR count). The average molecular weight is 616 g/mol. The number of aliphatic carboxylic acids is 1. The highest BCUT2D eigenvalue weighted by atomic mass is 32.2. The summed E-state index contributed by atoms with van der Waals surface area (Å²) >= 11 is 1.49. The maximum absolute atomic E-state index is 13.4. The quantitative estimate of drug-likeness (QED) is 0.269. The molecular weight excluding hydrogens is 574 g/mol. The van der Waals surface area contributed by atoms with Crippen molar-refractivity contribution in [2.75, 3.05) is 39.3 Å². The number of Topliss-reactive ketones (excluding diaryl/α,β-unsaturated/α-hetero) is 1. The molecule has 43 heavy (non-hydrogen) atoms. The minimum Gasteiger partial charge on any atom is -0.477 e. The van der Waals surface area contributed by atoms with E-state index in [1.54, 1.807) is 0 Å². The summed E-state index contributed by atoms with van der Waals surface area (Å²) < 4.78 is 1.35. The van der Waals surface area contributed by atoms with Crippen molar-refractivity contribution in [3.63, 3.8) is 0 Å². The van der Waals surface area contributed by atoms with Gasteiger partial charge in [-0.1, -0.05) is 13.8 Å². The number of carbonyl (C=O) groups is 4. The van der Waals surface area contributed by atoms with Gasteiger partial charge in [0.1, 0.15) is 18.6 Å². The summed E-state index contributed by atoms with van der Waals surface area (Å²) in [6.45, 7) is 8.84. The number of β-lactam (4-membered cyclic amide) rings is 1. The molecule has 15 heteroatoms. The Kier molecular flexibility index (Phi) is 8.59. The van der Waals surface area contributed by atoms with E-state index in [4.69, 9.17) is 5.73 Å². The third-order valence-corrected chi connectivity index (χ3v) is 11.5. The van der Waals surface area contributed by atoms with Gasteiger partial charge in [0.05, 0.1) is 18.0 Å². The van der Waals surface area contributed by atoms with Gasteiger partial charge in [-0.2, -0.15) is 0 Å². The van der Waals surface area contributed by atoms with Crippen molar-refractivity contribution in [2.24, 2.45) is 29.4 Å². The first-order chi connectivity index (χ1) is 20.7. The number of hydrogen-bond donors (Lipinski definition) is 3. The Morgan fingerprint density at radius 1 is 1.23 bits per heavy atom. The van der Waals surface area contributed by atoms with Crippen LogP contribution in [-0.4, -0.2) is 126 Å². The molecule has 4 fully saturated rings. The van der Waals surface area contributed by atoms with Gasteiger partial charge in [-0.25, -0.2) is 9.48 Å². The molecule has 0 bridgehead atoms. The number of thioether (sulfide) groups is 1. The molecule has 2 amide bonds. The molecule has 4 saturated heterocycles. The number of likely N-dealkylation sites (tertiary alicyclic amines) is 2. The molecule has 4 N–H and O–H groups in total. The smallest absolute Gasteiger partial charge is 0.353 e. The number of nitrogens with zero attached hydrogens (tertiary/aromatic N) is 7. The number of piperidine rings is 1. The predicted octanol–water partition coefficient (Wildman–Crippen LogP) is -0.613. The minimum atomic E-state index is -1.12. The summed E-state index contributed by atoms with van der Waals surface area (Å²) in [4.78, 5) is 58.2. The summed E-state index contributed by atoms with van der Waals surface area (Å²) in [5.74, 6) is -1.58. The topological polar surface area (TPSA) is 180 Å². The fraction of sp³-hybridized carbons (Fsp3) is 0.750. The van der Waals surface area contributed by atoms with Crippen molar-refractivity contribution < 1.29 is 24.3 Å². The standard InChI is InChI=1S/C28H41N9O5S/c1-15(7-19(38)13-36-14-31-32-33-36)22-23-16(2)25(24(28(41)42)37(23)27(22)40)43-20-8-21(30-10-20)26(39)34-5-3-18(4-6-34)35-11-17(9-29)12-35/h14-18,20-23,30H,3-13,29H2,1-2H3,(H,41,42)/t15-,16+,20-,21-,22+,23+/m0/s1. The van der Waals surface area contributed by atoms with Gasteiger partial charge < -0.3 is 26.0 Å². The molecule has 234 valence electrons. The Morgan fingerprint density at radius 2 is 1.98 bits per heavy atom. The largest absolute Gasteiger partial charge is 0.477 e. The SMILES string of the molecule is C[C@@H](CC(=O)Cn1cnnn1)[C@H]1C(=O)N2C(C(=O)O)=C(S[C@@H]3CN[C@H](C(=O)N4CCC(N5CC(CN)C5)CC4)C3)[C@H](C)[C@H]12. The average Bonchev–Trinajstić information content (AvgIpc) is 3.68. The van der Waals surface area contributed by atoms with Gasteiger partial charge >= 0.3 is 5.97 Å². The van der Waals surface area contributed by atoms with Crippen LogP contribution in [0.1, 0.15) is 39.5 Å². The molecule has 1 aromatic heterocycles. The first-order valence-corrected chi connectivity index (χ1v) is 16.2. The second-order valence-corrected chi connectivity index (χ2v) is 14.1. The van der Waals surface area contributed by atoms with E-state index in [1.165, 1.54) is 27.7 Å². The summed E-state index contributed by atoms with van der Waals surface area (Å²) in [6, 6.07) is -0.0554. The van der Waals surface area contributed by atoms with Crippen LogP contribution in [0.4, 0.5) is 0 Å². The lowest BCUT2D eigenvalue weighted by Crippen LogP contribution is -2.62. The lowest BCUT2D eigenvalue weighted by molar-refractivity contribution is -0.160. The maximum atomic E-state index is 13.4. The molecule has 0 saturated carbocycles. The molecule has 0 unspecified atom stereocenters. The summed E-state index contributed by atoms with van der Waals surface area (Å²) in [5, 5.41) is 24.3. The van der Waals surface area contributed by atoms with E-state index in [1.807, 2.05) is 18.7 Å². The highest BCUT2D eigenvalue weighted by Crippen LogP contribution is 2.53. The zero-order valence-electron chi connectivity index (χ0n) is 24.7. The van der Waals surface area contributed by atoms with Crippen LogP contribution in [0.2, 0.25) is 0 Å². The number of hydrogen-bond acceptors (Lipinski definition) is 11. The van der Waals surface area contributed by atoms with Crippen molar-refractivity contribution in [1.29, 1.82) is 0 Å². The van der Waals surface area contributed by atoms with Crippen molar-refractivity contribution in [3.8, 4) is 0 Å². The zero-order chi connectivity index (χ0) is 30.4. The highest BCUT2D eigenvalue weighted by molar-refractivity contribution is 8.03. The van der Waals surface area contributed by atoms with Gasteiger partial charge in [0.2, 0.25) is 11.8 Å². The number of carbonyl (C=O) groups excluding carboxylic acids is 3. The number of aromatic nitrogens is 4. The van der Waals surface area contributed by atoms with E-state index in [-0.39, 0.29) is 65.4 Å². The second-order valence-electron chi connectivity index (χ2n) is 12.8. The first-order valence-electron chi connectivity index (χ1n) is 15.3. The van der Waals surface area contributed by atoms with Crippen LogP contribution in [0.15, 0.2) is 16.9 Å². The van der Waals surface area contributed by atoms with Crippen molar-refractivity contribution >= 4 is 35.3 Å². The first kappa shape index (κ1) is 30.2. The van der Waals surface area contributed by atoms with Gasteiger partial charge in [-0.05, 0) is 48.1 Å². The van der Waals surface area contributed by atoms with Gasteiger partial charge in [0.25, 0.3) is 0 Å². The molecule has 6 heterocycles. The van der Waals surface area contributed by atoms with Gasteiger partial charge in [-0.15, -0.1) is 16.9 Å². The van der Waals surface area contributed by atoms with Crippen molar-refractivity contribution in [3.05, 3.63) is 16.9 Å². The predicted molar refractivity (Wildman–Crippen MR) is 156 cm³/mol. The fourth-order valence-corrected chi connectivity index (χ4v) is 9.12. The Labute approximate surface area is 254 Å². The maximum Gasteiger partial charge on any atom is 0.353 e. The van der Waals surface area contributed by atoms with Crippen LogP contribution in [0.5, 0.6) is 0 Å². The van der Waals surface area contributed by atoms with Crippen LogP contribution in [0, 0.1) is 23.7 Å². The second kappa shape index (κ2) is 12.3. The third kappa shape index (κ3) is 5.71. The van der Waals surface area contributed by atoms with Gasteiger partial charge in [0.15, 0.2) is 5.78 Å². The molecule has 6 atom stereocenters. The van der Waals surface area contributed by atoms with E-state index in [0.29, 0.717) is 29.8 Å². The van der Waals surface area contributed by atoms with Crippen LogP contribution >= 0.6 is 11.8 Å². The van der Waals surface area contributed by atoms with Crippen LogP contribution in [-0.2, 0) is 25.7 Å². The fourth-order valence-electron chi connectivity index (χ4n) is 7.64. The van der Waals surface area contributed by atoms with E-state index in [2.05, 4.69) is 25.7 Å². The molecule has 0 aromatic carbocycles. The van der Waals surface area contributed by atoms with E-state index in [0.717, 1.165) is 45.6 Å². The normalized spacial score (nSPS) is 30.8.